The molecule has 0 aliphatic carbocycles. The Kier molecular flexibility index (Phi) is 23.5. The van der Waals surface area contributed by atoms with E-state index in [1.165, 1.54) is 5.56 Å². The molecule has 0 saturated carbocycles. The molecular weight excluding hydrogens is 1650 g/mol. The average molecular weight is 1750 g/mol. The fraction of sp³-hybridized carbons (Fsp3) is 0.323. The molecule has 3 N–H and O–H groups in total. The van der Waals surface area contributed by atoms with Crippen molar-refractivity contribution in [2.24, 2.45) is 4.99 Å². The summed E-state index contributed by atoms with van der Waals surface area (Å²) in [6.45, 7) is 11.7. The minimum atomic E-state index is -0.335. The van der Waals surface area contributed by atoms with Crippen LogP contribution in [0.5, 0.6) is 46.0 Å². The first kappa shape index (κ1) is 82.6. The molecule has 26 heteroatoms. The van der Waals surface area contributed by atoms with Crippen molar-refractivity contribution in [3.8, 4) is 57.1 Å². The van der Waals surface area contributed by atoms with E-state index in [2.05, 4.69) is 135 Å². The molecule has 10 aromatic rings. The third-order valence-corrected chi connectivity index (χ3v) is 32.1. The van der Waals surface area contributed by atoms with Crippen molar-refractivity contribution in [2.75, 3.05) is 108 Å². The molecule has 4 amide bonds. The summed E-state index contributed by atoms with van der Waals surface area (Å²) in [6.07, 6.45) is 8.87. The van der Waals surface area contributed by atoms with Crippen LogP contribution in [-0.4, -0.2) is 136 Å². The van der Waals surface area contributed by atoms with Crippen molar-refractivity contribution in [3.63, 3.8) is 0 Å². The Morgan fingerprint density at radius 2 is 0.721 bits per heavy atom. The first-order valence-electron chi connectivity index (χ1n) is 41.0. The Hall–Kier alpha value is -10.4. The zero-order valence-corrected chi connectivity index (χ0v) is 74.6. The Morgan fingerprint density at radius 1 is 0.377 bits per heavy atom. The van der Waals surface area contributed by atoms with Crippen LogP contribution in [0.3, 0.4) is 0 Å². The number of carbonyl (C=O) groups excluding carboxylic acids is 4. The van der Waals surface area contributed by atoms with Gasteiger partial charge in [-0.3, -0.25) is 29.1 Å². The second-order valence-corrected chi connectivity index (χ2v) is 41.2. The molecule has 0 spiro atoms. The number of aliphatic imine (C=N–C) groups is 1. The molecular formula is C96H96N8O12S6. The quantitative estimate of drug-likeness (QED) is 0.0373. The zero-order valence-electron chi connectivity index (χ0n) is 69.7. The number of nitrogens with zero attached hydrogens (tertiary/aromatic N) is 5. The maximum atomic E-state index is 15.1. The Balaban J connectivity index is 0.537. The molecule has 8 aliphatic heterocycles. The maximum absolute atomic E-state index is 15.1. The number of rotatable bonds is 29. The monoisotopic (exact) mass is 1740 g/mol. The van der Waals surface area contributed by atoms with E-state index in [4.69, 9.17) is 42.9 Å². The van der Waals surface area contributed by atoms with Gasteiger partial charge < -0.3 is 68.5 Å². The lowest BCUT2D eigenvalue weighted by molar-refractivity contribution is 0.0975. The summed E-state index contributed by atoms with van der Waals surface area (Å²) in [5.41, 5.74) is 20.6. The van der Waals surface area contributed by atoms with E-state index in [1.807, 2.05) is 132 Å². The lowest BCUT2D eigenvalue weighted by Crippen LogP contribution is -2.39. The maximum Gasteiger partial charge on any atom is 0.261 e. The minimum Gasteiger partial charge on any atom is -0.493 e. The van der Waals surface area contributed by atoms with E-state index in [0.29, 0.717) is 123 Å². The van der Waals surface area contributed by atoms with Gasteiger partial charge in [0, 0.05) is 112 Å². The van der Waals surface area contributed by atoms with Gasteiger partial charge in [-0.15, -0.1) is 0 Å². The van der Waals surface area contributed by atoms with Crippen LogP contribution >= 0.6 is 66.7 Å². The lowest BCUT2D eigenvalue weighted by Gasteiger charge is -2.23. The van der Waals surface area contributed by atoms with Gasteiger partial charge in [-0.05, 0) is 199 Å². The van der Waals surface area contributed by atoms with Crippen LogP contribution in [0.4, 0.5) is 45.5 Å². The predicted molar refractivity (Wildman–Crippen MR) is 500 cm³/mol. The highest BCUT2D eigenvalue weighted by atomic mass is 33.1. The molecule has 0 aromatic heterocycles. The summed E-state index contributed by atoms with van der Waals surface area (Å²) in [7, 11) is 13.7. The molecule has 8 aliphatic rings. The van der Waals surface area contributed by atoms with Gasteiger partial charge in [-0.1, -0.05) is 116 Å². The number of thioether (sulfide) groups is 2. The third-order valence-electron chi connectivity index (χ3n) is 23.6. The standard InChI is InChI=1S/C96H96N8O12S6/c1-95(2,121-117-9)53-119-51-59-25-55(47-113-87-39-75-71(35-83(87)109-5)91(105)101-67(43-97-75)31-63-15-11-13-17-79(63)101)23-57(27-59)49-115-89-41-77-73(37-85(89)111-7)93(107)103-69(45-99-77)33-65-29-61(19-21-81(65)103)62-20-22-82-66(30-62)34-70-46-100-78-42-90(86(112-8)38-74(78)94(108)104(70)82)116-50-58-24-56(26-60(28-58)52-120-54-96(3,4)122-118-10)48-114-88-40-76-72(36-84(88)110-6)92(106)102-68(44-98-76)32-64-16-12-14-18-80(64)102/h11-30,35-42,45,67-70,97-98,100H,31-34,43-44,46-54H2,1-10H3/t67-,68-,69-,70-/m0/s1. The summed E-state index contributed by atoms with van der Waals surface area (Å²) < 4.78 is 50.7. The van der Waals surface area contributed by atoms with Gasteiger partial charge in [0.25, 0.3) is 23.6 Å². The van der Waals surface area contributed by atoms with Crippen LogP contribution in [-0.2, 0) is 63.6 Å². The van der Waals surface area contributed by atoms with Gasteiger partial charge in [0.1, 0.15) is 26.4 Å². The molecule has 0 bridgehead atoms. The molecule has 10 aromatic carbocycles. The Labute approximate surface area is 736 Å². The number of amides is 4. The number of nitrogens with one attached hydrogen (secondary N) is 3. The van der Waals surface area contributed by atoms with Crippen molar-refractivity contribution >= 4 is 142 Å². The van der Waals surface area contributed by atoms with Gasteiger partial charge in [-0.25, -0.2) is 0 Å². The van der Waals surface area contributed by atoms with Crippen molar-refractivity contribution in [1.82, 2.24) is 0 Å². The highest BCUT2D eigenvalue weighted by Gasteiger charge is 2.43. The van der Waals surface area contributed by atoms with E-state index in [1.54, 1.807) is 80.4 Å². The minimum absolute atomic E-state index is 0.00863. The van der Waals surface area contributed by atoms with Gasteiger partial charge in [0.15, 0.2) is 46.0 Å². The highest BCUT2D eigenvalue weighted by Crippen LogP contribution is 2.49. The average Bonchev–Trinajstić information content (AvgIpc) is 1.62. The van der Waals surface area contributed by atoms with E-state index in [0.717, 1.165) is 120 Å². The smallest absolute Gasteiger partial charge is 0.261 e. The van der Waals surface area contributed by atoms with Crippen LogP contribution in [0.1, 0.15) is 125 Å². The predicted octanol–water partition coefficient (Wildman–Crippen LogP) is 20.0. The summed E-state index contributed by atoms with van der Waals surface area (Å²) in [4.78, 5) is 71.2. The largest absolute Gasteiger partial charge is 0.493 e. The molecule has 18 rings (SSSR count). The summed E-state index contributed by atoms with van der Waals surface area (Å²) in [5, 5.41) is 10.8. The van der Waals surface area contributed by atoms with E-state index >= 15 is 9.59 Å². The number of hydrogen-bond donors (Lipinski definition) is 3. The van der Waals surface area contributed by atoms with E-state index < -0.39 is 0 Å². The number of fused-ring (bicyclic) bond motifs is 16. The van der Waals surface area contributed by atoms with Crippen LogP contribution in [0.2, 0.25) is 0 Å². The SMILES string of the molecule is COc1cc2c(cc1OCc1cc(COc3cc4c(cc3OC)C(=O)N3c5ccccc5C[C@H]3CN4)cc(CSCC(C)(C)SSC)c1)N=C[C@@H]1Cc3cc(-c4ccc5c(c4)C[C@H]4CNc6cc(OCc7cc(COc8cc9c(cc8OC)C(=O)N8c%10ccccc%10C[C@H]8CN9)cc(CSCC(C)(C)SSC)c7)c(OC)cc6C(=O)N54)ccc3N1C2=O. The summed E-state index contributed by atoms with van der Waals surface area (Å²) in [5.74, 6) is 6.79. The van der Waals surface area contributed by atoms with Crippen LogP contribution in [0.25, 0.3) is 11.1 Å². The van der Waals surface area contributed by atoms with Gasteiger partial charge >= 0.3 is 0 Å². The number of methoxy groups -OCH3 is 4. The van der Waals surface area contributed by atoms with Crippen molar-refractivity contribution in [2.45, 2.75) is 125 Å². The van der Waals surface area contributed by atoms with Crippen LogP contribution in [0.15, 0.2) is 175 Å². The highest BCUT2D eigenvalue weighted by molar-refractivity contribution is 8.77. The van der Waals surface area contributed by atoms with Gasteiger partial charge in [0.2, 0.25) is 0 Å². The fourth-order valence-electron chi connectivity index (χ4n) is 18.1. The molecule has 0 fully saturated rings. The number of para-hydroxylation sites is 2. The summed E-state index contributed by atoms with van der Waals surface area (Å²) >= 11 is 3.78. The Morgan fingerprint density at radius 3 is 1.12 bits per heavy atom. The number of hydrogen-bond acceptors (Lipinski definition) is 22. The number of carbonyl (C=O) groups is 4. The molecule has 0 unspecified atom stereocenters. The number of ether oxygens (including phenoxy) is 8. The third kappa shape index (κ3) is 16.6. The van der Waals surface area contributed by atoms with Crippen molar-refractivity contribution < 1.29 is 57.1 Å². The number of anilines is 7. The lowest BCUT2D eigenvalue weighted by atomic mass is 9.98. The molecule has 4 atom stereocenters. The second-order valence-electron chi connectivity index (χ2n) is 33.1. The zero-order chi connectivity index (χ0) is 84.2. The first-order chi connectivity index (χ1) is 59.2. The van der Waals surface area contributed by atoms with Crippen LogP contribution < -0.4 is 73.4 Å². The van der Waals surface area contributed by atoms with Crippen molar-refractivity contribution in [1.29, 1.82) is 0 Å². The second kappa shape index (κ2) is 34.8. The Bertz CT molecular complexity index is 5850. The topological polar surface area (TPSA) is 204 Å². The van der Waals surface area contributed by atoms with Crippen molar-refractivity contribution in [3.05, 3.63) is 248 Å². The van der Waals surface area contributed by atoms with E-state index in [-0.39, 0.29) is 83.7 Å². The molecule has 20 nitrogen and oxygen atoms in total. The van der Waals surface area contributed by atoms with Gasteiger partial charge in [0.05, 0.1) is 97.6 Å². The van der Waals surface area contributed by atoms with Crippen LogP contribution in [0, 0.1) is 0 Å². The number of benzene rings is 10. The van der Waals surface area contributed by atoms with E-state index in [9.17, 15) is 9.59 Å². The molecule has 122 heavy (non-hydrogen) atoms. The molecule has 0 saturated heterocycles. The first-order valence-corrected chi connectivity index (χ1v) is 48.4. The van der Waals surface area contributed by atoms with Gasteiger partial charge in [-0.2, -0.15) is 23.5 Å². The normalized spacial score (nSPS) is 17.5. The fourth-order valence-corrected chi connectivity index (χ4v) is 25.4. The molecule has 628 valence electrons. The molecule has 8 heterocycles. The molecule has 0 radical (unpaired) electrons. The summed E-state index contributed by atoms with van der Waals surface area (Å²) in [6, 6.07) is 55.8.